The van der Waals surface area contributed by atoms with E-state index >= 15 is 0 Å². The molecule has 0 radical (unpaired) electrons. The van der Waals surface area contributed by atoms with Gasteiger partial charge in [-0.1, -0.05) is 109 Å². The summed E-state index contributed by atoms with van der Waals surface area (Å²) < 4.78 is 0. The molecule has 0 saturated carbocycles. The van der Waals surface area contributed by atoms with E-state index in [0.29, 0.717) is 0 Å². The molecule has 0 bridgehead atoms. The lowest BCUT2D eigenvalue weighted by Gasteiger charge is -2.14. The van der Waals surface area contributed by atoms with Crippen molar-refractivity contribution in [1.82, 2.24) is 5.32 Å². The molecule has 0 aromatic heterocycles. The van der Waals surface area contributed by atoms with Crippen LogP contribution in [0, 0.1) is 6.92 Å². The summed E-state index contributed by atoms with van der Waals surface area (Å²) in [5.41, 5.74) is 6.11. The van der Waals surface area contributed by atoms with E-state index in [9.17, 15) is 0 Å². The zero-order chi connectivity index (χ0) is 22.2. The van der Waals surface area contributed by atoms with E-state index < -0.39 is 0 Å². The van der Waals surface area contributed by atoms with E-state index in [0.717, 1.165) is 12.0 Å². The molecule has 1 heteroatoms. The summed E-state index contributed by atoms with van der Waals surface area (Å²) >= 11 is 0. The monoisotopic (exact) mass is 399 g/mol. The Morgan fingerprint density at radius 3 is 2.37 bits per heavy atom. The first-order chi connectivity index (χ1) is 14.5. The Balaban J connectivity index is 2.89. The van der Waals surface area contributed by atoms with Crippen molar-refractivity contribution in [1.29, 1.82) is 0 Å². The Labute approximate surface area is 184 Å². The van der Waals surface area contributed by atoms with Crippen LogP contribution in [0.1, 0.15) is 51.3 Å². The highest BCUT2D eigenvalue weighted by atomic mass is 14.9. The van der Waals surface area contributed by atoms with Crippen molar-refractivity contribution in [3.63, 3.8) is 0 Å². The minimum atomic E-state index is 0.231. The summed E-state index contributed by atoms with van der Waals surface area (Å²) in [6.07, 6.45) is 25.8. The van der Waals surface area contributed by atoms with Gasteiger partial charge in [0.15, 0.2) is 0 Å². The summed E-state index contributed by atoms with van der Waals surface area (Å²) in [5, 5.41) is 3.53. The molecule has 0 fully saturated rings. The van der Waals surface area contributed by atoms with E-state index in [4.69, 9.17) is 0 Å². The molecule has 0 aliphatic heterocycles. The van der Waals surface area contributed by atoms with Crippen molar-refractivity contribution in [2.75, 3.05) is 0 Å². The van der Waals surface area contributed by atoms with Crippen LogP contribution in [0.2, 0.25) is 0 Å². The van der Waals surface area contributed by atoms with Gasteiger partial charge in [-0.2, -0.15) is 0 Å². The predicted molar refractivity (Wildman–Crippen MR) is 135 cm³/mol. The van der Waals surface area contributed by atoms with Gasteiger partial charge in [0, 0.05) is 12.2 Å². The first-order valence-corrected chi connectivity index (χ1v) is 10.6. The third kappa shape index (κ3) is 9.93. The first kappa shape index (κ1) is 25.0. The molecule has 0 heterocycles. The standard InChI is InChI=1S/C29H37N/c1-7-10-12-15-24(4)16-13-14-18-27(9-3)29(17-11-8-2)23-30-26(6)28-21-19-25(5)20-22-28/h7-12,14-23,26,30H,2,13H2,1,3-6H3/b10-7?,15-12-,17-11-,18-14?,24-16+,27-9+,29-23-. The first-order valence-electron chi connectivity index (χ1n) is 10.6. The van der Waals surface area contributed by atoms with Gasteiger partial charge in [-0.3, -0.25) is 0 Å². The number of hydrogen-bond donors (Lipinski definition) is 1. The van der Waals surface area contributed by atoms with E-state index in [2.05, 4.69) is 113 Å². The minimum absolute atomic E-state index is 0.231. The summed E-state index contributed by atoms with van der Waals surface area (Å²) in [4.78, 5) is 0. The Hall–Kier alpha value is -3.06. The summed E-state index contributed by atoms with van der Waals surface area (Å²) in [5.74, 6) is 0. The molecule has 1 aromatic carbocycles. The molecule has 1 N–H and O–H groups in total. The van der Waals surface area contributed by atoms with E-state index in [1.807, 2.05) is 25.2 Å². The second kappa shape index (κ2) is 14.9. The van der Waals surface area contributed by atoms with Crippen molar-refractivity contribution in [2.24, 2.45) is 0 Å². The lowest BCUT2D eigenvalue weighted by Crippen LogP contribution is -2.12. The van der Waals surface area contributed by atoms with Crippen LogP contribution in [0.25, 0.3) is 0 Å². The second-order valence-corrected chi connectivity index (χ2v) is 7.21. The topological polar surface area (TPSA) is 12.0 Å². The van der Waals surface area contributed by atoms with Crippen LogP contribution in [0.15, 0.2) is 121 Å². The number of benzene rings is 1. The Morgan fingerprint density at radius 1 is 1.00 bits per heavy atom. The van der Waals surface area contributed by atoms with Crippen molar-refractivity contribution in [2.45, 2.75) is 47.1 Å². The summed E-state index contributed by atoms with van der Waals surface area (Å²) in [6, 6.07) is 8.89. The normalized spacial score (nSPS) is 15.0. The molecule has 1 unspecified atom stereocenters. The van der Waals surface area contributed by atoms with Crippen LogP contribution >= 0.6 is 0 Å². The average molecular weight is 400 g/mol. The molecule has 0 saturated heterocycles. The van der Waals surface area contributed by atoms with E-state index in [1.165, 1.54) is 22.3 Å². The molecule has 1 rings (SSSR count). The highest BCUT2D eigenvalue weighted by Crippen LogP contribution is 2.17. The zero-order valence-electron chi connectivity index (χ0n) is 19.2. The average Bonchev–Trinajstić information content (AvgIpc) is 2.75. The second-order valence-electron chi connectivity index (χ2n) is 7.21. The molecule has 0 aliphatic carbocycles. The fourth-order valence-corrected chi connectivity index (χ4v) is 2.76. The van der Waals surface area contributed by atoms with E-state index in [-0.39, 0.29) is 6.04 Å². The predicted octanol–water partition coefficient (Wildman–Crippen LogP) is 8.24. The third-order valence-electron chi connectivity index (χ3n) is 4.66. The number of hydrogen-bond acceptors (Lipinski definition) is 1. The maximum atomic E-state index is 3.80. The van der Waals surface area contributed by atoms with Gasteiger partial charge in [0.25, 0.3) is 0 Å². The molecule has 1 atom stereocenters. The molecule has 1 nitrogen and oxygen atoms in total. The Kier molecular flexibility index (Phi) is 12.4. The lowest BCUT2D eigenvalue weighted by atomic mass is 10.0. The van der Waals surface area contributed by atoms with Gasteiger partial charge in [0.2, 0.25) is 0 Å². The molecule has 158 valence electrons. The van der Waals surface area contributed by atoms with Gasteiger partial charge < -0.3 is 5.32 Å². The quantitative estimate of drug-likeness (QED) is 0.369. The molecule has 1 aromatic rings. The smallest absolute Gasteiger partial charge is 0.0480 e. The molecular formula is C29H37N. The van der Waals surface area contributed by atoms with Crippen molar-refractivity contribution in [3.05, 3.63) is 132 Å². The van der Waals surface area contributed by atoms with Gasteiger partial charge in [0.1, 0.15) is 0 Å². The van der Waals surface area contributed by atoms with Gasteiger partial charge in [0.05, 0.1) is 0 Å². The van der Waals surface area contributed by atoms with Crippen LogP contribution in [0.5, 0.6) is 0 Å². The zero-order valence-corrected chi connectivity index (χ0v) is 19.2. The number of rotatable bonds is 11. The van der Waals surface area contributed by atoms with E-state index in [1.54, 1.807) is 6.08 Å². The van der Waals surface area contributed by atoms with Crippen LogP contribution < -0.4 is 5.32 Å². The summed E-state index contributed by atoms with van der Waals surface area (Å²) in [6.45, 7) is 14.3. The van der Waals surface area contributed by atoms with Gasteiger partial charge in [-0.05, 0) is 57.7 Å². The Morgan fingerprint density at radius 2 is 1.73 bits per heavy atom. The van der Waals surface area contributed by atoms with Gasteiger partial charge in [-0.25, -0.2) is 0 Å². The van der Waals surface area contributed by atoms with Crippen LogP contribution in [-0.4, -0.2) is 0 Å². The lowest BCUT2D eigenvalue weighted by molar-refractivity contribution is 0.684. The number of allylic oxidation sites excluding steroid dienone is 14. The van der Waals surface area contributed by atoms with Crippen molar-refractivity contribution < 1.29 is 0 Å². The fraction of sp³-hybridized carbons (Fsp3) is 0.241. The van der Waals surface area contributed by atoms with Gasteiger partial charge >= 0.3 is 0 Å². The molecule has 0 spiro atoms. The molecule has 30 heavy (non-hydrogen) atoms. The van der Waals surface area contributed by atoms with Crippen molar-refractivity contribution in [3.8, 4) is 0 Å². The Bertz CT molecular complexity index is 852. The minimum Gasteiger partial charge on any atom is -0.384 e. The highest BCUT2D eigenvalue weighted by molar-refractivity contribution is 5.46. The number of aryl methyl sites for hydroxylation is 1. The maximum absolute atomic E-state index is 3.80. The van der Waals surface area contributed by atoms with Crippen LogP contribution in [0.3, 0.4) is 0 Å². The highest BCUT2D eigenvalue weighted by Gasteiger charge is 2.04. The third-order valence-corrected chi connectivity index (χ3v) is 4.66. The SMILES string of the molecule is C=C\C=C/C(=C/NC(C)c1ccc(C)cc1)C(/C=CC/C=C(C)/C=C\C=CC)=C/C. The van der Waals surface area contributed by atoms with Crippen LogP contribution in [-0.2, 0) is 0 Å². The largest absolute Gasteiger partial charge is 0.384 e. The molecule has 0 amide bonds. The molecule has 0 aliphatic rings. The van der Waals surface area contributed by atoms with Crippen LogP contribution in [0.4, 0.5) is 0 Å². The van der Waals surface area contributed by atoms with Gasteiger partial charge in [-0.15, -0.1) is 0 Å². The maximum Gasteiger partial charge on any atom is 0.0480 e. The fourth-order valence-electron chi connectivity index (χ4n) is 2.76. The summed E-state index contributed by atoms with van der Waals surface area (Å²) in [7, 11) is 0. The van der Waals surface area contributed by atoms with Crippen molar-refractivity contribution >= 4 is 0 Å². The molecular weight excluding hydrogens is 362 g/mol. The number of nitrogens with one attached hydrogen (secondary N) is 1.